The van der Waals surface area contributed by atoms with Crippen LogP contribution in [0, 0.1) is 5.92 Å². The van der Waals surface area contributed by atoms with Crippen molar-refractivity contribution >= 4 is 0 Å². The largest absolute Gasteiger partial charge is 0.329 e. The predicted molar refractivity (Wildman–Crippen MR) is 73.8 cm³/mol. The highest BCUT2D eigenvalue weighted by Crippen LogP contribution is 2.28. The SMILES string of the molecule is CCN1CCC(Cc2ncc3n2C(C)CCC3)C1. The van der Waals surface area contributed by atoms with E-state index >= 15 is 0 Å². The molecule has 3 nitrogen and oxygen atoms in total. The zero-order valence-corrected chi connectivity index (χ0v) is 11.7. The maximum Gasteiger partial charge on any atom is 0.109 e. The van der Waals surface area contributed by atoms with Crippen LogP contribution in [0.3, 0.4) is 0 Å². The molecule has 1 saturated heterocycles. The molecule has 0 aliphatic carbocycles. The van der Waals surface area contributed by atoms with Gasteiger partial charge in [-0.1, -0.05) is 6.92 Å². The Kier molecular flexibility index (Phi) is 3.42. The normalized spacial score (nSPS) is 28.6. The summed E-state index contributed by atoms with van der Waals surface area (Å²) in [6.07, 6.45) is 8.54. The fourth-order valence-corrected chi connectivity index (χ4v) is 3.65. The Hall–Kier alpha value is -0.830. The minimum Gasteiger partial charge on any atom is -0.329 e. The third-order valence-electron chi connectivity index (χ3n) is 4.73. The average Bonchev–Trinajstić information content (AvgIpc) is 2.98. The van der Waals surface area contributed by atoms with Gasteiger partial charge in [0.25, 0.3) is 0 Å². The summed E-state index contributed by atoms with van der Waals surface area (Å²) in [4.78, 5) is 7.27. The van der Waals surface area contributed by atoms with Gasteiger partial charge < -0.3 is 9.47 Å². The van der Waals surface area contributed by atoms with Crippen LogP contribution >= 0.6 is 0 Å². The summed E-state index contributed by atoms with van der Waals surface area (Å²) in [5.74, 6) is 2.17. The van der Waals surface area contributed by atoms with Crippen molar-refractivity contribution in [3.05, 3.63) is 17.7 Å². The van der Waals surface area contributed by atoms with Crippen LogP contribution in [0.5, 0.6) is 0 Å². The van der Waals surface area contributed by atoms with Gasteiger partial charge in [-0.05, 0) is 51.6 Å². The van der Waals surface area contributed by atoms with E-state index in [0.29, 0.717) is 6.04 Å². The van der Waals surface area contributed by atoms with E-state index in [4.69, 9.17) is 4.98 Å². The number of fused-ring (bicyclic) bond motifs is 1. The summed E-state index contributed by atoms with van der Waals surface area (Å²) in [6, 6.07) is 0.662. The summed E-state index contributed by atoms with van der Waals surface area (Å²) >= 11 is 0. The molecule has 1 aromatic rings. The summed E-state index contributed by atoms with van der Waals surface area (Å²) in [5.41, 5.74) is 1.47. The highest BCUT2D eigenvalue weighted by molar-refractivity contribution is 5.11. The van der Waals surface area contributed by atoms with Crippen molar-refractivity contribution in [3.8, 4) is 0 Å². The van der Waals surface area contributed by atoms with E-state index in [2.05, 4.69) is 29.5 Å². The van der Waals surface area contributed by atoms with E-state index in [1.807, 2.05) is 0 Å². The van der Waals surface area contributed by atoms with Crippen molar-refractivity contribution in [2.75, 3.05) is 19.6 Å². The summed E-state index contributed by atoms with van der Waals surface area (Å²) < 4.78 is 2.53. The van der Waals surface area contributed by atoms with Gasteiger partial charge in [0.2, 0.25) is 0 Å². The van der Waals surface area contributed by atoms with Gasteiger partial charge in [0.1, 0.15) is 5.82 Å². The Morgan fingerprint density at radius 2 is 2.28 bits per heavy atom. The third kappa shape index (κ3) is 2.20. The van der Waals surface area contributed by atoms with Crippen molar-refractivity contribution in [2.45, 2.75) is 52.0 Å². The molecule has 2 unspecified atom stereocenters. The van der Waals surface area contributed by atoms with Crippen molar-refractivity contribution in [1.29, 1.82) is 0 Å². The smallest absolute Gasteiger partial charge is 0.109 e. The molecule has 0 amide bonds. The van der Waals surface area contributed by atoms with E-state index in [-0.39, 0.29) is 0 Å². The van der Waals surface area contributed by atoms with Gasteiger partial charge in [-0.2, -0.15) is 0 Å². The van der Waals surface area contributed by atoms with Crippen LogP contribution < -0.4 is 0 Å². The number of imidazole rings is 1. The van der Waals surface area contributed by atoms with E-state index < -0.39 is 0 Å². The van der Waals surface area contributed by atoms with Crippen LogP contribution in [0.2, 0.25) is 0 Å². The lowest BCUT2D eigenvalue weighted by Crippen LogP contribution is -2.22. The molecule has 0 aromatic carbocycles. The molecule has 2 aliphatic heterocycles. The van der Waals surface area contributed by atoms with Crippen LogP contribution in [-0.2, 0) is 12.8 Å². The molecule has 0 bridgehead atoms. The van der Waals surface area contributed by atoms with Crippen molar-refractivity contribution in [3.63, 3.8) is 0 Å². The fourth-order valence-electron chi connectivity index (χ4n) is 3.65. The Bertz CT molecular complexity index is 410. The van der Waals surface area contributed by atoms with Gasteiger partial charge in [0.05, 0.1) is 0 Å². The number of aromatic nitrogens is 2. The van der Waals surface area contributed by atoms with E-state index in [1.54, 1.807) is 0 Å². The lowest BCUT2D eigenvalue weighted by atomic mass is 10.0. The number of aryl methyl sites for hydroxylation is 1. The number of hydrogen-bond acceptors (Lipinski definition) is 2. The molecular formula is C15H25N3. The minimum absolute atomic E-state index is 0.662. The molecule has 18 heavy (non-hydrogen) atoms. The first kappa shape index (κ1) is 12.2. The van der Waals surface area contributed by atoms with Crippen LogP contribution in [0.25, 0.3) is 0 Å². The van der Waals surface area contributed by atoms with Crippen LogP contribution in [0.1, 0.15) is 50.7 Å². The summed E-state index contributed by atoms with van der Waals surface area (Å²) in [5, 5.41) is 0. The van der Waals surface area contributed by atoms with E-state index in [0.717, 1.165) is 5.92 Å². The molecule has 0 spiro atoms. The van der Waals surface area contributed by atoms with Crippen LogP contribution in [-0.4, -0.2) is 34.1 Å². The topological polar surface area (TPSA) is 21.1 Å². The van der Waals surface area contributed by atoms with Gasteiger partial charge >= 0.3 is 0 Å². The van der Waals surface area contributed by atoms with Crippen LogP contribution in [0.4, 0.5) is 0 Å². The van der Waals surface area contributed by atoms with Gasteiger partial charge in [-0.15, -0.1) is 0 Å². The van der Waals surface area contributed by atoms with E-state index in [9.17, 15) is 0 Å². The highest BCUT2D eigenvalue weighted by Gasteiger charge is 2.25. The second-order valence-electron chi connectivity index (χ2n) is 6.03. The second kappa shape index (κ2) is 5.04. The van der Waals surface area contributed by atoms with Gasteiger partial charge in [0, 0.05) is 30.9 Å². The highest BCUT2D eigenvalue weighted by atomic mass is 15.1. The first-order valence-electron chi connectivity index (χ1n) is 7.55. The third-order valence-corrected chi connectivity index (χ3v) is 4.73. The number of hydrogen-bond donors (Lipinski definition) is 0. The standard InChI is InChI=1S/C15H25N3/c1-3-17-8-7-13(11-17)9-15-16-10-14-6-4-5-12(2)18(14)15/h10,12-13H,3-9,11H2,1-2H3. The Morgan fingerprint density at radius 1 is 1.39 bits per heavy atom. The zero-order chi connectivity index (χ0) is 12.5. The molecule has 0 radical (unpaired) electrons. The van der Waals surface area contributed by atoms with Crippen molar-refractivity contribution in [1.82, 2.24) is 14.5 Å². The van der Waals surface area contributed by atoms with Gasteiger partial charge in [-0.3, -0.25) is 0 Å². The summed E-state index contributed by atoms with van der Waals surface area (Å²) in [6.45, 7) is 8.37. The molecule has 2 aliphatic rings. The minimum atomic E-state index is 0.662. The monoisotopic (exact) mass is 247 g/mol. The lowest BCUT2D eigenvalue weighted by Gasteiger charge is -2.25. The first-order chi connectivity index (χ1) is 8.78. The molecule has 100 valence electrons. The summed E-state index contributed by atoms with van der Waals surface area (Å²) in [7, 11) is 0. The fraction of sp³-hybridized carbons (Fsp3) is 0.800. The predicted octanol–water partition coefficient (Wildman–Crippen LogP) is 2.66. The Labute approximate surface area is 110 Å². The molecular weight excluding hydrogens is 222 g/mol. The Morgan fingerprint density at radius 3 is 3.06 bits per heavy atom. The van der Waals surface area contributed by atoms with Crippen LogP contribution in [0.15, 0.2) is 6.20 Å². The van der Waals surface area contributed by atoms with Crippen molar-refractivity contribution in [2.24, 2.45) is 5.92 Å². The quantitative estimate of drug-likeness (QED) is 0.819. The molecule has 0 N–H and O–H groups in total. The van der Waals surface area contributed by atoms with Gasteiger partial charge in [-0.25, -0.2) is 4.98 Å². The molecule has 3 heteroatoms. The number of nitrogens with zero attached hydrogens (tertiary/aromatic N) is 3. The number of rotatable bonds is 3. The maximum absolute atomic E-state index is 4.71. The van der Waals surface area contributed by atoms with Crippen molar-refractivity contribution < 1.29 is 0 Å². The molecule has 0 saturated carbocycles. The zero-order valence-electron chi connectivity index (χ0n) is 11.7. The Balaban J connectivity index is 1.72. The maximum atomic E-state index is 4.71. The first-order valence-corrected chi connectivity index (χ1v) is 7.55. The number of likely N-dealkylation sites (tertiary alicyclic amines) is 1. The molecule has 1 aromatic heterocycles. The molecule has 3 rings (SSSR count). The molecule has 1 fully saturated rings. The molecule has 2 atom stereocenters. The van der Waals surface area contributed by atoms with E-state index in [1.165, 1.54) is 63.3 Å². The lowest BCUT2D eigenvalue weighted by molar-refractivity contribution is 0.337. The average molecular weight is 247 g/mol. The van der Waals surface area contributed by atoms with Gasteiger partial charge in [0.15, 0.2) is 0 Å². The second-order valence-corrected chi connectivity index (χ2v) is 6.03. The molecule has 3 heterocycles.